The lowest BCUT2D eigenvalue weighted by atomic mass is 10.1. The highest BCUT2D eigenvalue weighted by Gasteiger charge is 2.15. The number of hydrogen-bond donors (Lipinski definition) is 2. The predicted molar refractivity (Wildman–Crippen MR) is 55.6 cm³/mol. The summed E-state index contributed by atoms with van der Waals surface area (Å²) in [4.78, 5) is 7.42. The van der Waals surface area contributed by atoms with Crippen LogP contribution in [0.25, 0.3) is 0 Å². The number of aromatic amines is 1. The standard InChI is InChI=1S/C9H13N3S/c1-2-3-7-6-4-5-10-8(6)12-9(13)11-7/h2-5H2,1H3,(H2,10,11,12,13). The fourth-order valence-electron chi connectivity index (χ4n) is 1.73. The Bertz CT molecular complexity index is 370. The van der Waals surface area contributed by atoms with Crippen LogP contribution in [0.2, 0.25) is 0 Å². The molecule has 0 fully saturated rings. The number of rotatable bonds is 2. The molecule has 0 spiro atoms. The Balaban J connectivity index is 2.49. The van der Waals surface area contributed by atoms with E-state index in [1.165, 1.54) is 11.3 Å². The average Bonchev–Trinajstić information content (AvgIpc) is 2.52. The first-order chi connectivity index (χ1) is 6.31. The average molecular weight is 195 g/mol. The summed E-state index contributed by atoms with van der Waals surface area (Å²) >= 11 is 5.05. The summed E-state index contributed by atoms with van der Waals surface area (Å²) in [6, 6.07) is 0. The highest BCUT2D eigenvalue weighted by Crippen LogP contribution is 2.22. The van der Waals surface area contributed by atoms with Crippen molar-refractivity contribution in [1.82, 2.24) is 9.97 Å². The number of aryl methyl sites for hydroxylation is 1. The summed E-state index contributed by atoms with van der Waals surface area (Å²) in [7, 11) is 0. The van der Waals surface area contributed by atoms with Gasteiger partial charge in [-0.1, -0.05) is 13.3 Å². The first kappa shape index (κ1) is 8.69. The molecular formula is C9H13N3S. The molecule has 1 aliphatic heterocycles. The molecular weight excluding hydrogens is 182 g/mol. The van der Waals surface area contributed by atoms with Gasteiger partial charge >= 0.3 is 0 Å². The molecule has 1 aliphatic rings. The van der Waals surface area contributed by atoms with Gasteiger partial charge in [0.25, 0.3) is 0 Å². The van der Waals surface area contributed by atoms with Crippen LogP contribution in [0, 0.1) is 4.77 Å². The van der Waals surface area contributed by atoms with Gasteiger partial charge in [-0.25, -0.2) is 4.98 Å². The Kier molecular flexibility index (Phi) is 2.31. The van der Waals surface area contributed by atoms with E-state index in [-0.39, 0.29) is 0 Å². The highest BCUT2D eigenvalue weighted by molar-refractivity contribution is 7.71. The van der Waals surface area contributed by atoms with Crippen LogP contribution < -0.4 is 5.32 Å². The van der Waals surface area contributed by atoms with E-state index in [2.05, 4.69) is 22.2 Å². The molecule has 0 atom stereocenters. The largest absolute Gasteiger partial charge is 0.369 e. The number of nitrogens with one attached hydrogen (secondary N) is 2. The van der Waals surface area contributed by atoms with Crippen molar-refractivity contribution in [3.05, 3.63) is 16.0 Å². The van der Waals surface area contributed by atoms with Crippen LogP contribution in [0.1, 0.15) is 24.6 Å². The van der Waals surface area contributed by atoms with Crippen molar-refractivity contribution in [2.24, 2.45) is 0 Å². The minimum atomic E-state index is 0.594. The van der Waals surface area contributed by atoms with Crippen LogP contribution in [-0.2, 0) is 12.8 Å². The lowest BCUT2D eigenvalue weighted by Crippen LogP contribution is -1.98. The molecule has 13 heavy (non-hydrogen) atoms. The molecule has 0 saturated heterocycles. The molecule has 0 aromatic carbocycles. The molecule has 70 valence electrons. The Morgan fingerprint density at radius 3 is 3.15 bits per heavy atom. The normalized spacial score (nSPS) is 13.9. The number of nitrogens with zero attached hydrogens (tertiary/aromatic N) is 1. The van der Waals surface area contributed by atoms with Crippen LogP contribution in [-0.4, -0.2) is 16.5 Å². The van der Waals surface area contributed by atoms with E-state index in [0.29, 0.717) is 4.77 Å². The van der Waals surface area contributed by atoms with Gasteiger partial charge in [0.1, 0.15) is 5.82 Å². The molecule has 2 rings (SSSR count). The smallest absolute Gasteiger partial charge is 0.198 e. The van der Waals surface area contributed by atoms with E-state index in [1.807, 2.05) is 0 Å². The quantitative estimate of drug-likeness (QED) is 0.710. The van der Waals surface area contributed by atoms with Gasteiger partial charge in [-0.3, -0.25) is 0 Å². The maximum Gasteiger partial charge on any atom is 0.198 e. The van der Waals surface area contributed by atoms with Gasteiger partial charge in [-0.15, -0.1) is 0 Å². The molecule has 0 bridgehead atoms. The molecule has 0 amide bonds. The first-order valence-electron chi connectivity index (χ1n) is 4.67. The van der Waals surface area contributed by atoms with Crippen molar-refractivity contribution >= 4 is 18.0 Å². The summed E-state index contributed by atoms with van der Waals surface area (Å²) in [5.41, 5.74) is 2.60. The monoisotopic (exact) mass is 195 g/mol. The zero-order valence-electron chi connectivity index (χ0n) is 7.68. The number of fused-ring (bicyclic) bond motifs is 1. The van der Waals surface area contributed by atoms with E-state index in [1.54, 1.807) is 0 Å². The zero-order valence-corrected chi connectivity index (χ0v) is 8.50. The summed E-state index contributed by atoms with van der Waals surface area (Å²) < 4.78 is 0.594. The minimum absolute atomic E-state index is 0.594. The zero-order chi connectivity index (χ0) is 9.26. The van der Waals surface area contributed by atoms with Crippen LogP contribution in [0.4, 0.5) is 5.82 Å². The SMILES string of the molecule is CCCc1[nH]c(=S)nc2c1CCN2. The lowest BCUT2D eigenvalue weighted by molar-refractivity contribution is 0.851. The topological polar surface area (TPSA) is 40.7 Å². The van der Waals surface area contributed by atoms with Gasteiger partial charge in [0.05, 0.1) is 0 Å². The van der Waals surface area contributed by atoms with E-state index < -0.39 is 0 Å². The van der Waals surface area contributed by atoms with Gasteiger partial charge in [0.2, 0.25) is 0 Å². The molecule has 0 aliphatic carbocycles. The van der Waals surface area contributed by atoms with Crippen molar-refractivity contribution in [3.63, 3.8) is 0 Å². The molecule has 2 heterocycles. The Hall–Kier alpha value is -0.900. The fraction of sp³-hybridized carbons (Fsp3) is 0.556. The molecule has 1 aromatic heterocycles. The third kappa shape index (κ3) is 1.58. The number of aromatic nitrogens is 2. The number of hydrogen-bond acceptors (Lipinski definition) is 3. The van der Waals surface area contributed by atoms with Gasteiger partial charge in [0.15, 0.2) is 4.77 Å². The Morgan fingerprint density at radius 1 is 1.54 bits per heavy atom. The summed E-state index contributed by atoms with van der Waals surface area (Å²) in [6.45, 7) is 3.16. The molecule has 1 aromatic rings. The summed E-state index contributed by atoms with van der Waals surface area (Å²) in [6.07, 6.45) is 3.28. The highest BCUT2D eigenvalue weighted by atomic mass is 32.1. The van der Waals surface area contributed by atoms with Crippen molar-refractivity contribution in [1.29, 1.82) is 0 Å². The van der Waals surface area contributed by atoms with E-state index in [9.17, 15) is 0 Å². The van der Waals surface area contributed by atoms with Crippen molar-refractivity contribution in [2.75, 3.05) is 11.9 Å². The minimum Gasteiger partial charge on any atom is -0.369 e. The molecule has 0 saturated carbocycles. The fourth-order valence-corrected chi connectivity index (χ4v) is 1.94. The first-order valence-corrected chi connectivity index (χ1v) is 5.08. The maximum absolute atomic E-state index is 5.05. The maximum atomic E-state index is 5.05. The molecule has 3 nitrogen and oxygen atoms in total. The second kappa shape index (κ2) is 3.46. The van der Waals surface area contributed by atoms with Gasteiger partial charge in [0, 0.05) is 17.8 Å². The molecule has 0 unspecified atom stereocenters. The second-order valence-electron chi connectivity index (χ2n) is 3.27. The van der Waals surface area contributed by atoms with Gasteiger partial charge in [-0.2, -0.15) is 0 Å². The van der Waals surface area contributed by atoms with Crippen LogP contribution in [0.3, 0.4) is 0 Å². The third-order valence-corrected chi connectivity index (χ3v) is 2.48. The second-order valence-corrected chi connectivity index (χ2v) is 3.66. The number of H-pyrrole nitrogens is 1. The lowest BCUT2D eigenvalue weighted by Gasteiger charge is -2.05. The van der Waals surface area contributed by atoms with Crippen LogP contribution in [0.5, 0.6) is 0 Å². The Labute approximate surface area is 82.6 Å². The van der Waals surface area contributed by atoms with Crippen molar-refractivity contribution in [3.8, 4) is 0 Å². The van der Waals surface area contributed by atoms with Crippen molar-refractivity contribution < 1.29 is 0 Å². The predicted octanol–water partition coefficient (Wildman–Crippen LogP) is 2.06. The molecule has 4 heteroatoms. The van der Waals surface area contributed by atoms with E-state index in [4.69, 9.17) is 12.2 Å². The molecule has 0 radical (unpaired) electrons. The number of anilines is 1. The van der Waals surface area contributed by atoms with Gasteiger partial charge < -0.3 is 10.3 Å². The van der Waals surface area contributed by atoms with E-state index in [0.717, 1.165) is 31.6 Å². The van der Waals surface area contributed by atoms with Gasteiger partial charge in [-0.05, 0) is 25.1 Å². The van der Waals surface area contributed by atoms with E-state index >= 15 is 0 Å². The van der Waals surface area contributed by atoms with Crippen LogP contribution in [0.15, 0.2) is 0 Å². The third-order valence-electron chi connectivity index (χ3n) is 2.29. The Morgan fingerprint density at radius 2 is 2.38 bits per heavy atom. The van der Waals surface area contributed by atoms with Crippen LogP contribution >= 0.6 is 12.2 Å². The summed E-state index contributed by atoms with van der Waals surface area (Å²) in [5.74, 6) is 0.993. The van der Waals surface area contributed by atoms with Crippen molar-refractivity contribution in [2.45, 2.75) is 26.2 Å². The summed E-state index contributed by atoms with van der Waals surface area (Å²) in [5, 5.41) is 3.24. The molecule has 2 N–H and O–H groups in total.